The van der Waals surface area contributed by atoms with Crippen molar-refractivity contribution in [3.8, 4) is 28.8 Å². The van der Waals surface area contributed by atoms with Crippen molar-refractivity contribution >= 4 is 5.82 Å². The molecule has 2 fully saturated rings. The van der Waals surface area contributed by atoms with Crippen LogP contribution in [0.2, 0.25) is 0 Å². The van der Waals surface area contributed by atoms with Gasteiger partial charge in [0, 0.05) is 25.0 Å². The van der Waals surface area contributed by atoms with E-state index in [4.69, 9.17) is 19.9 Å². The Hall–Kier alpha value is -2.66. The minimum Gasteiger partial charge on any atom is -0.507 e. The quantitative estimate of drug-likeness (QED) is 0.771. The van der Waals surface area contributed by atoms with Gasteiger partial charge in [-0.2, -0.15) is 0 Å². The summed E-state index contributed by atoms with van der Waals surface area (Å²) in [7, 11) is 0. The summed E-state index contributed by atoms with van der Waals surface area (Å²) < 4.78 is 17.7. The van der Waals surface area contributed by atoms with Gasteiger partial charge in [0.05, 0.1) is 24.5 Å². The van der Waals surface area contributed by atoms with Crippen LogP contribution in [0.3, 0.4) is 0 Å². The van der Waals surface area contributed by atoms with Gasteiger partial charge in [-0.25, -0.2) is 0 Å². The SMILES string of the molecule is CCOC1(C#Cc2cc(-c3ccccc3O)nnc2N)CCC2(CC1)OCCO2. The molecule has 4 rings (SSSR count). The van der Waals surface area contributed by atoms with Crippen LogP contribution in [0.1, 0.15) is 38.2 Å². The van der Waals surface area contributed by atoms with E-state index in [1.807, 2.05) is 13.0 Å². The molecule has 0 radical (unpaired) electrons. The predicted molar refractivity (Wildman–Crippen MR) is 108 cm³/mol. The van der Waals surface area contributed by atoms with Gasteiger partial charge in [-0.15, -0.1) is 10.2 Å². The zero-order chi connectivity index (χ0) is 20.3. The van der Waals surface area contributed by atoms with Crippen molar-refractivity contribution in [2.24, 2.45) is 0 Å². The summed E-state index contributed by atoms with van der Waals surface area (Å²) in [5, 5.41) is 18.2. The molecule has 152 valence electrons. The molecular formula is C22H25N3O4. The van der Waals surface area contributed by atoms with Crippen LogP contribution >= 0.6 is 0 Å². The fraction of sp³-hybridized carbons (Fsp3) is 0.455. The second-order valence-electron chi connectivity index (χ2n) is 7.33. The average Bonchev–Trinajstić information content (AvgIpc) is 3.19. The third kappa shape index (κ3) is 4.06. The molecule has 1 aliphatic carbocycles. The first-order valence-corrected chi connectivity index (χ1v) is 9.91. The number of phenols is 1. The Kier molecular flexibility index (Phi) is 5.41. The predicted octanol–water partition coefficient (Wildman–Crippen LogP) is 2.88. The van der Waals surface area contributed by atoms with Crippen molar-refractivity contribution in [2.75, 3.05) is 25.6 Å². The molecule has 1 saturated carbocycles. The van der Waals surface area contributed by atoms with E-state index in [1.165, 1.54) is 0 Å². The molecule has 0 bridgehead atoms. The van der Waals surface area contributed by atoms with E-state index in [1.54, 1.807) is 24.3 Å². The zero-order valence-electron chi connectivity index (χ0n) is 16.5. The van der Waals surface area contributed by atoms with Crippen LogP contribution in [0, 0.1) is 11.8 Å². The summed E-state index contributed by atoms with van der Waals surface area (Å²) in [4.78, 5) is 0. The highest BCUT2D eigenvalue weighted by Gasteiger charge is 2.46. The van der Waals surface area contributed by atoms with E-state index in [9.17, 15) is 5.11 Å². The molecule has 0 unspecified atom stereocenters. The number of aromatic nitrogens is 2. The summed E-state index contributed by atoms with van der Waals surface area (Å²) in [5.41, 5.74) is 7.10. The highest BCUT2D eigenvalue weighted by Crippen LogP contribution is 2.41. The molecule has 0 amide bonds. The number of hydrogen-bond donors (Lipinski definition) is 2. The largest absolute Gasteiger partial charge is 0.507 e. The molecule has 1 spiro atoms. The maximum absolute atomic E-state index is 10.1. The number of nitrogens with two attached hydrogens (primary N) is 1. The summed E-state index contributed by atoms with van der Waals surface area (Å²) in [6.07, 6.45) is 2.93. The maximum Gasteiger partial charge on any atom is 0.168 e. The van der Waals surface area contributed by atoms with Crippen LogP contribution in [-0.2, 0) is 14.2 Å². The lowest BCUT2D eigenvalue weighted by atomic mass is 9.81. The van der Waals surface area contributed by atoms with Crippen molar-refractivity contribution in [1.82, 2.24) is 10.2 Å². The summed E-state index contributed by atoms with van der Waals surface area (Å²) in [5.74, 6) is 6.35. The van der Waals surface area contributed by atoms with Crippen molar-refractivity contribution in [1.29, 1.82) is 0 Å². The molecule has 2 aromatic rings. The van der Waals surface area contributed by atoms with Gasteiger partial charge in [-0.3, -0.25) is 0 Å². The topological polar surface area (TPSA) is 99.7 Å². The molecule has 1 aliphatic heterocycles. The fourth-order valence-electron chi connectivity index (χ4n) is 3.91. The molecule has 2 heterocycles. The number of nitrogens with zero attached hydrogens (tertiary/aromatic N) is 2. The minimum atomic E-state index is -0.569. The second-order valence-corrected chi connectivity index (χ2v) is 7.33. The number of anilines is 1. The van der Waals surface area contributed by atoms with Crippen LogP contribution in [0.4, 0.5) is 5.82 Å². The number of benzene rings is 1. The lowest BCUT2D eigenvalue weighted by Crippen LogP contribution is -2.44. The summed E-state index contributed by atoms with van der Waals surface area (Å²) >= 11 is 0. The molecule has 7 nitrogen and oxygen atoms in total. The number of ether oxygens (including phenoxy) is 3. The van der Waals surface area contributed by atoms with Crippen LogP contribution in [0.5, 0.6) is 5.75 Å². The highest BCUT2D eigenvalue weighted by atomic mass is 16.7. The monoisotopic (exact) mass is 395 g/mol. The van der Waals surface area contributed by atoms with Gasteiger partial charge in [-0.1, -0.05) is 24.0 Å². The van der Waals surface area contributed by atoms with Crippen molar-refractivity contribution in [3.05, 3.63) is 35.9 Å². The van der Waals surface area contributed by atoms with Gasteiger partial charge >= 0.3 is 0 Å². The Bertz CT molecular complexity index is 935. The van der Waals surface area contributed by atoms with Crippen molar-refractivity contribution in [3.63, 3.8) is 0 Å². The standard InChI is InChI=1S/C22H25N3O4/c1-2-27-21(9-11-22(12-10-21)28-13-14-29-22)8-7-16-15-18(24-25-20(16)23)17-5-3-4-6-19(17)26/h3-6,15,26H,2,9-14H2,1H3,(H2,23,25). The van der Waals surface area contributed by atoms with Crippen LogP contribution in [-0.4, -0.2) is 46.5 Å². The van der Waals surface area contributed by atoms with Crippen molar-refractivity contribution < 1.29 is 19.3 Å². The molecule has 29 heavy (non-hydrogen) atoms. The first kappa shape index (κ1) is 19.6. The first-order valence-electron chi connectivity index (χ1n) is 9.91. The maximum atomic E-state index is 10.1. The average molecular weight is 395 g/mol. The van der Waals surface area contributed by atoms with Gasteiger partial charge in [0.25, 0.3) is 0 Å². The summed E-state index contributed by atoms with van der Waals surface area (Å²) in [6, 6.07) is 8.71. The molecular weight excluding hydrogens is 370 g/mol. The van der Waals surface area contributed by atoms with Crippen molar-refractivity contribution in [2.45, 2.75) is 44.0 Å². The van der Waals surface area contributed by atoms with Crippen LogP contribution in [0.15, 0.2) is 30.3 Å². The van der Waals surface area contributed by atoms with E-state index in [-0.39, 0.29) is 11.6 Å². The third-order valence-electron chi connectivity index (χ3n) is 5.48. The Morgan fingerprint density at radius 1 is 1.14 bits per heavy atom. The number of nitrogen functional groups attached to an aromatic ring is 1. The Labute approximate surface area is 170 Å². The lowest BCUT2D eigenvalue weighted by molar-refractivity contribution is -0.200. The Morgan fingerprint density at radius 2 is 1.86 bits per heavy atom. The molecule has 1 aromatic carbocycles. The normalized spacial score (nSPS) is 19.6. The number of aromatic hydroxyl groups is 1. The molecule has 3 N–H and O–H groups in total. The minimum absolute atomic E-state index is 0.130. The van der Waals surface area contributed by atoms with E-state index in [0.717, 1.165) is 25.7 Å². The van der Waals surface area contributed by atoms with Gasteiger partial charge < -0.3 is 25.1 Å². The molecule has 1 aromatic heterocycles. The zero-order valence-corrected chi connectivity index (χ0v) is 16.5. The fourth-order valence-corrected chi connectivity index (χ4v) is 3.91. The smallest absolute Gasteiger partial charge is 0.168 e. The molecule has 0 atom stereocenters. The van der Waals surface area contributed by atoms with Gasteiger partial charge in [0.1, 0.15) is 11.4 Å². The summed E-state index contributed by atoms with van der Waals surface area (Å²) in [6.45, 7) is 3.81. The number of phenolic OH excluding ortho intramolecular Hbond substituents is 1. The van der Waals surface area contributed by atoms with Gasteiger partial charge in [-0.05, 0) is 38.0 Å². The van der Waals surface area contributed by atoms with E-state index < -0.39 is 11.4 Å². The second kappa shape index (κ2) is 7.99. The Balaban J connectivity index is 1.61. The van der Waals surface area contributed by atoms with E-state index >= 15 is 0 Å². The number of para-hydroxylation sites is 1. The van der Waals surface area contributed by atoms with Gasteiger partial charge in [0.15, 0.2) is 11.6 Å². The third-order valence-corrected chi connectivity index (χ3v) is 5.48. The molecule has 2 aliphatic rings. The molecule has 7 heteroatoms. The highest BCUT2D eigenvalue weighted by molar-refractivity contribution is 5.69. The van der Waals surface area contributed by atoms with E-state index in [2.05, 4.69) is 22.0 Å². The lowest BCUT2D eigenvalue weighted by Gasteiger charge is -2.40. The van der Waals surface area contributed by atoms with Gasteiger partial charge in [0.2, 0.25) is 0 Å². The van der Waals surface area contributed by atoms with Crippen LogP contribution < -0.4 is 5.73 Å². The Morgan fingerprint density at radius 3 is 2.55 bits per heavy atom. The number of rotatable bonds is 3. The number of hydrogen-bond acceptors (Lipinski definition) is 7. The van der Waals surface area contributed by atoms with Crippen LogP contribution in [0.25, 0.3) is 11.3 Å². The first-order chi connectivity index (χ1) is 14.0. The van der Waals surface area contributed by atoms with E-state index in [0.29, 0.717) is 36.6 Å². The molecule has 1 saturated heterocycles.